The normalized spacial score (nSPS) is 11.3. The minimum atomic E-state index is -4.33. The van der Waals surface area contributed by atoms with Crippen molar-refractivity contribution in [2.75, 3.05) is 18.5 Å². The summed E-state index contributed by atoms with van der Waals surface area (Å²) in [6.45, 7) is 6.14. The summed E-state index contributed by atoms with van der Waals surface area (Å²) in [6.07, 6.45) is -3.50. The monoisotopic (exact) mass is 230 g/mol. The SMILES string of the molecule is C=C(C)CN(C)c1ccc(C(F)(F)F)cn1. The average molecular weight is 230 g/mol. The van der Waals surface area contributed by atoms with E-state index in [0.29, 0.717) is 12.4 Å². The molecule has 0 saturated carbocycles. The van der Waals surface area contributed by atoms with Crippen LogP contribution in [0.25, 0.3) is 0 Å². The number of rotatable bonds is 3. The van der Waals surface area contributed by atoms with Gasteiger partial charge in [0.25, 0.3) is 0 Å². The summed E-state index contributed by atoms with van der Waals surface area (Å²) < 4.78 is 36.8. The van der Waals surface area contributed by atoms with Gasteiger partial charge in [-0.3, -0.25) is 0 Å². The van der Waals surface area contributed by atoms with E-state index in [1.54, 1.807) is 11.9 Å². The van der Waals surface area contributed by atoms with Gasteiger partial charge in [-0.15, -0.1) is 0 Å². The molecule has 0 amide bonds. The lowest BCUT2D eigenvalue weighted by atomic mass is 10.2. The molecule has 5 heteroatoms. The first-order valence-corrected chi connectivity index (χ1v) is 4.69. The Morgan fingerprint density at radius 2 is 2.06 bits per heavy atom. The smallest absolute Gasteiger partial charge is 0.356 e. The molecule has 0 aliphatic heterocycles. The molecule has 1 aromatic heterocycles. The Balaban J connectivity index is 2.83. The topological polar surface area (TPSA) is 16.1 Å². The van der Waals surface area contributed by atoms with Crippen LogP contribution < -0.4 is 4.90 Å². The molecular formula is C11H13F3N2. The maximum atomic E-state index is 12.3. The van der Waals surface area contributed by atoms with Crippen molar-refractivity contribution in [1.82, 2.24) is 4.98 Å². The summed E-state index contributed by atoms with van der Waals surface area (Å²) in [4.78, 5) is 5.50. The third-order valence-electron chi connectivity index (χ3n) is 1.97. The van der Waals surface area contributed by atoms with Gasteiger partial charge in [0.05, 0.1) is 5.56 Å². The zero-order chi connectivity index (χ0) is 12.3. The number of alkyl halides is 3. The second kappa shape index (κ2) is 4.55. The molecule has 1 heterocycles. The predicted octanol–water partition coefficient (Wildman–Crippen LogP) is 3.11. The summed E-state index contributed by atoms with van der Waals surface area (Å²) in [5.74, 6) is 0.496. The molecule has 0 saturated heterocycles. The molecule has 2 nitrogen and oxygen atoms in total. The number of halogens is 3. The first-order chi connectivity index (χ1) is 7.30. The molecule has 0 unspecified atom stereocenters. The number of anilines is 1. The van der Waals surface area contributed by atoms with Crippen molar-refractivity contribution in [3.8, 4) is 0 Å². The van der Waals surface area contributed by atoms with E-state index in [0.717, 1.165) is 17.8 Å². The van der Waals surface area contributed by atoms with Crippen LogP contribution in [0, 0.1) is 0 Å². The Bertz CT molecular complexity index is 368. The van der Waals surface area contributed by atoms with Gasteiger partial charge in [0.15, 0.2) is 0 Å². The van der Waals surface area contributed by atoms with E-state index >= 15 is 0 Å². The van der Waals surface area contributed by atoms with Crippen molar-refractivity contribution in [3.63, 3.8) is 0 Å². The number of aromatic nitrogens is 1. The maximum absolute atomic E-state index is 12.3. The second-order valence-electron chi connectivity index (χ2n) is 3.72. The lowest BCUT2D eigenvalue weighted by molar-refractivity contribution is -0.137. The Morgan fingerprint density at radius 3 is 2.44 bits per heavy atom. The number of nitrogens with zero attached hydrogens (tertiary/aromatic N) is 2. The van der Waals surface area contributed by atoms with E-state index in [2.05, 4.69) is 11.6 Å². The fourth-order valence-corrected chi connectivity index (χ4v) is 1.27. The van der Waals surface area contributed by atoms with Gasteiger partial charge in [-0.2, -0.15) is 13.2 Å². The van der Waals surface area contributed by atoms with E-state index in [4.69, 9.17) is 0 Å². The molecule has 16 heavy (non-hydrogen) atoms. The van der Waals surface area contributed by atoms with Gasteiger partial charge in [0, 0.05) is 19.8 Å². The van der Waals surface area contributed by atoms with Gasteiger partial charge in [0.1, 0.15) is 5.82 Å². The molecule has 0 bridgehead atoms. The standard InChI is InChI=1S/C11H13F3N2/c1-8(2)7-16(3)10-5-4-9(6-15-10)11(12,13)14/h4-6H,1,7H2,2-3H3. The zero-order valence-electron chi connectivity index (χ0n) is 9.17. The molecule has 0 N–H and O–H groups in total. The molecular weight excluding hydrogens is 217 g/mol. The molecule has 0 aliphatic carbocycles. The Morgan fingerprint density at radius 1 is 1.44 bits per heavy atom. The highest BCUT2D eigenvalue weighted by Crippen LogP contribution is 2.29. The van der Waals surface area contributed by atoms with Crippen LogP contribution in [0.2, 0.25) is 0 Å². The van der Waals surface area contributed by atoms with E-state index in [1.165, 1.54) is 6.07 Å². The van der Waals surface area contributed by atoms with Gasteiger partial charge in [-0.25, -0.2) is 4.98 Å². The van der Waals surface area contributed by atoms with Crippen molar-refractivity contribution in [3.05, 3.63) is 36.0 Å². The summed E-state index contributed by atoms with van der Waals surface area (Å²) in [5, 5.41) is 0. The average Bonchev–Trinajstić information content (AvgIpc) is 2.15. The maximum Gasteiger partial charge on any atom is 0.417 e. The van der Waals surface area contributed by atoms with Gasteiger partial charge in [0.2, 0.25) is 0 Å². The third-order valence-corrected chi connectivity index (χ3v) is 1.97. The highest BCUT2D eigenvalue weighted by Gasteiger charge is 2.30. The van der Waals surface area contributed by atoms with Crippen molar-refractivity contribution in [1.29, 1.82) is 0 Å². The van der Waals surface area contributed by atoms with Crippen molar-refractivity contribution in [2.45, 2.75) is 13.1 Å². The lowest BCUT2D eigenvalue weighted by Crippen LogP contribution is -2.20. The molecule has 1 rings (SSSR count). The Labute approximate surface area is 92.4 Å². The quantitative estimate of drug-likeness (QED) is 0.742. The summed E-state index contributed by atoms with van der Waals surface area (Å²) in [7, 11) is 1.75. The van der Waals surface area contributed by atoms with E-state index in [-0.39, 0.29) is 0 Å². The van der Waals surface area contributed by atoms with Gasteiger partial charge in [-0.1, -0.05) is 12.2 Å². The molecule has 0 spiro atoms. The molecule has 1 aromatic rings. The molecule has 0 aromatic carbocycles. The van der Waals surface area contributed by atoms with Crippen LogP contribution in [0.15, 0.2) is 30.5 Å². The van der Waals surface area contributed by atoms with Crippen molar-refractivity contribution in [2.24, 2.45) is 0 Å². The summed E-state index contributed by atoms with van der Waals surface area (Å²) >= 11 is 0. The molecule has 88 valence electrons. The van der Waals surface area contributed by atoms with Crippen molar-refractivity contribution < 1.29 is 13.2 Å². The van der Waals surface area contributed by atoms with Crippen molar-refractivity contribution >= 4 is 5.82 Å². The van der Waals surface area contributed by atoms with Crippen LogP contribution in [0.1, 0.15) is 12.5 Å². The van der Waals surface area contributed by atoms with Gasteiger partial charge in [-0.05, 0) is 19.1 Å². The minimum Gasteiger partial charge on any atom is -0.356 e. The number of likely N-dealkylation sites (N-methyl/N-ethyl adjacent to an activating group) is 1. The number of hydrogen-bond donors (Lipinski definition) is 0. The highest BCUT2D eigenvalue weighted by molar-refractivity contribution is 5.40. The lowest BCUT2D eigenvalue weighted by Gasteiger charge is -2.18. The molecule has 0 fully saturated rings. The largest absolute Gasteiger partial charge is 0.417 e. The third kappa shape index (κ3) is 3.25. The highest BCUT2D eigenvalue weighted by atomic mass is 19.4. The summed E-state index contributed by atoms with van der Waals surface area (Å²) in [5.41, 5.74) is 0.184. The molecule has 0 aliphatic rings. The van der Waals surface area contributed by atoms with Crippen LogP contribution in [0.3, 0.4) is 0 Å². The fraction of sp³-hybridized carbons (Fsp3) is 0.364. The van der Waals surface area contributed by atoms with Gasteiger partial charge >= 0.3 is 6.18 Å². The first-order valence-electron chi connectivity index (χ1n) is 4.69. The van der Waals surface area contributed by atoms with E-state index < -0.39 is 11.7 Å². The molecule has 0 radical (unpaired) electrons. The van der Waals surface area contributed by atoms with E-state index in [1.807, 2.05) is 6.92 Å². The van der Waals surface area contributed by atoms with Crippen LogP contribution in [-0.4, -0.2) is 18.6 Å². The first kappa shape index (κ1) is 12.5. The predicted molar refractivity (Wildman–Crippen MR) is 57.3 cm³/mol. The van der Waals surface area contributed by atoms with Gasteiger partial charge < -0.3 is 4.90 Å². The van der Waals surface area contributed by atoms with Crippen LogP contribution in [0.4, 0.5) is 19.0 Å². The summed E-state index contributed by atoms with van der Waals surface area (Å²) in [6, 6.07) is 2.38. The minimum absolute atomic E-state index is 0.496. The van der Waals surface area contributed by atoms with Crippen LogP contribution >= 0.6 is 0 Å². The van der Waals surface area contributed by atoms with Crippen LogP contribution in [0.5, 0.6) is 0 Å². The Hall–Kier alpha value is -1.52. The van der Waals surface area contributed by atoms with E-state index in [9.17, 15) is 13.2 Å². The number of pyridine rings is 1. The second-order valence-corrected chi connectivity index (χ2v) is 3.72. The fourth-order valence-electron chi connectivity index (χ4n) is 1.27. The number of hydrogen-bond acceptors (Lipinski definition) is 2. The zero-order valence-corrected chi connectivity index (χ0v) is 9.17. The molecule has 0 atom stereocenters. The Kier molecular flexibility index (Phi) is 3.57. The van der Waals surface area contributed by atoms with Crippen LogP contribution in [-0.2, 0) is 6.18 Å².